The van der Waals surface area contributed by atoms with Gasteiger partial charge in [-0.1, -0.05) is 31.2 Å². The van der Waals surface area contributed by atoms with Crippen LogP contribution in [0.2, 0.25) is 0 Å². The van der Waals surface area contributed by atoms with Gasteiger partial charge in [0.2, 0.25) is 5.91 Å². The van der Waals surface area contributed by atoms with Crippen molar-refractivity contribution in [3.63, 3.8) is 0 Å². The number of carbonyl (C=O) groups excluding carboxylic acids is 1. The fourth-order valence-corrected chi connectivity index (χ4v) is 4.49. The lowest BCUT2D eigenvalue weighted by molar-refractivity contribution is -0.119. The van der Waals surface area contributed by atoms with Crippen molar-refractivity contribution in [3.8, 4) is 0 Å². The molecule has 4 aromatic rings. The second-order valence-electron chi connectivity index (χ2n) is 6.56. The molecule has 0 aliphatic carbocycles. The molecule has 0 aliphatic rings. The fourth-order valence-electron chi connectivity index (χ4n) is 3.35. The highest BCUT2D eigenvalue weighted by Gasteiger charge is 2.24. The van der Waals surface area contributed by atoms with Crippen molar-refractivity contribution in [2.24, 2.45) is 0 Å². The Morgan fingerprint density at radius 2 is 2.04 bits per heavy atom. The van der Waals surface area contributed by atoms with Gasteiger partial charge in [-0.15, -0.1) is 11.3 Å². The summed E-state index contributed by atoms with van der Waals surface area (Å²) in [7, 11) is 0. The monoisotopic (exact) mass is 395 g/mol. The largest absolute Gasteiger partial charge is 0.324 e. The van der Waals surface area contributed by atoms with Crippen LogP contribution < -0.4 is 10.9 Å². The van der Waals surface area contributed by atoms with Crippen LogP contribution in [0.1, 0.15) is 25.1 Å². The lowest BCUT2D eigenvalue weighted by atomic mass is 10.1. The van der Waals surface area contributed by atoms with Crippen LogP contribution in [0.4, 0.5) is 10.1 Å². The van der Waals surface area contributed by atoms with E-state index in [-0.39, 0.29) is 5.56 Å². The Balaban J connectivity index is 1.82. The maximum atomic E-state index is 13.4. The SMILES string of the molecule is CCC(C(=O)Nc1cccc(F)c1)n1nc(C)c2sc3ccccc3c2c1=O. The van der Waals surface area contributed by atoms with Crippen LogP contribution in [-0.2, 0) is 4.79 Å². The highest BCUT2D eigenvalue weighted by molar-refractivity contribution is 7.26. The molecule has 0 radical (unpaired) electrons. The second kappa shape index (κ2) is 7.16. The summed E-state index contributed by atoms with van der Waals surface area (Å²) in [6, 6.07) is 12.6. The molecule has 28 heavy (non-hydrogen) atoms. The number of aryl methyl sites for hydroxylation is 1. The quantitative estimate of drug-likeness (QED) is 0.547. The Hall–Kier alpha value is -3.06. The highest BCUT2D eigenvalue weighted by Crippen LogP contribution is 2.33. The van der Waals surface area contributed by atoms with Crippen molar-refractivity contribution in [1.29, 1.82) is 0 Å². The Morgan fingerprint density at radius 1 is 1.25 bits per heavy atom. The number of halogens is 1. The number of anilines is 1. The number of nitrogens with zero attached hydrogens (tertiary/aromatic N) is 2. The number of hydrogen-bond donors (Lipinski definition) is 1. The Bertz CT molecular complexity index is 1260. The minimum atomic E-state index is -0.794. The third kappa shape index (κ3) is 3.07. The summed E-state index contributed by atoms with van der Waals surface area (Å²) in [6.07, 6.45) is 0.376. The van der Waals surface area contributed by atoms with E-state index < -0.39 is 17.8 Å². The number of hydrogen-bond acceptors (Lipinski definition) is 4. The molecule has 2 heterocycles. The smallest absolute Gasteiger partial charge is 0.276 e. The molecule has 1 unspecified atom stereocenters. The molecule has 142 valence electrons. The third-order valence-corrected chi connectivity index (χ3v) is 5.96. The molecule has 1 amide bonds. The van der Waals surface area contributed by atoms with Gasteiger partial charge in [0.15, 0.2) is 0 Å². The van der Waals surface area contributed by atoms with Crippen molar-refractivity contribution < 1.29 is 9.18 Å². The standard InChI is InChI=1S/C21H18FN3O2S/c1-3-16(20(26)23-14-8-6-7-13(22)11-14)25-21(27)18-15-9-4-5-10-17(15)28-19(18)12(2)24-25/h4-11,16H,3H2,1-2H3,(H,23,26). The first kappa shape index (κ1) is 18.3. The van der Waals surface area contributed by atoms with Gasteiger partial charge in [0, 0.05) is 15.8 Å². The van der Waals surface area contributed by atoms with E-state index in [1.165, 1.54) is 34.2 Å². The van der Waals surface area contributed by atoms with Crippen LogP contribution in [0.3, 0.4) is 0 Å². The number of thiophene rings is 1. The summed E-state index contributed by atoms with van der Waals surface area (Å²) in [5, 5.41) is 8.56. The average Bonchev–Trinajstić information content (AvgIpc) is 3.07. The van der Waals surface area contributed by atoms with Crippen molar-refractivity contribution in [1.82, 2.24) is 9.78 Å². The number of carbonyl (C=O) groups is 1. The second-order valence-corrected chi connectivity index (χ2v) is 7.61. The van der Waals surface area contributed by atoms with E-state index in [1.807, 2.05) is 38.1 Å². The summed E-state index contributed by atoms with van der Waals surface area (Å²) in [5.74, 6) is -0.843. The van der Waals surface area contributed by atoms with Crippen LogP contribution in [0.15, 0.2) is 53.3 Å². The van der Waals surface area contributed by atoms with Crippen molar-refractivity contribution in [2.45, 2.75) is 26.3 Å². The van der Waals surface area contributed by atoms with Crippen LogP contribution in [0.25, 0.3) is 20.2 Å². The number of fused-ring (bicyclic) bond motifs is 3. The van der Waals surface area contributed by atoms with Gasteiger partial charge in [-0.25, -0.2) is 9.07 Å². The van der Waals surface area contributed by atoms with Gasteiger partial charge in [0.1, 0.15) is 11.9 Å². The van der Waals surface area contributed by atoms with Gasteiger partial charge >= 0.3 is 0 Å². The minimum absolute atomic E-state index is 0.292. The summed E-state index contributed by atoms with van der Waals surface area (Å²) in [4.78, 5) is 26.1. The van der Waals surface area contributed by atoms with Gasteiger partial charge in [-0.2, -0.15) is 5.10 Å². The number of amides is 1. The van der Waals surface area contributed by atoms with Gasteiger partial charge < -0.3 is 5.32 Å². The minimum Gasteiger partial charge on any atom is -0.324 e. The molecule has 0 spiro atoms. The van der Waals surface area contributed by atoms with Crippen molar-refractivity contribution >= 4 is 43.1 Å². The molecule has 0 saturated carbocycles. The van der Waals surface area contributed by atoms with Crippen LogP contribution >= 0.6 is 11.3 Å². The topological polar surface area (TPSA) is 64.0 Å². The molecule has 7 heteroatoms. The van der Waals surface area contributed by atoms with Gasteiger partial charge in [0.05, 0.1) is 15.8 Å². The lowest BCUT2D eigenvalue weighted by Crippen LogP contribution is -2.35. The predicted octanol–water partition coefficient (Wildman–Crippen LogP) is 4.65. The molecule has 5 nitrogen and oxygen atoms in total. The molecule has 0 aliphatic heterocycles. The van der Waals surface area contributed by atoms with Crippen LogP contribution in [0.5, 0.6) is 0 Å². The molecule has 1 atom stereocenters. The average molecular weight is 395 g/mol. The Kier molecular flexibility index (Phi) is 4.68. The summed E-state index contributed by atoms with van der Waals surface area (Å²) in [5.41, 5.74) is 0.752. The number of aromatic nitrogens is 2. The van der Waals surface area contributed by atoms with Crippen LogP contribution in [-0.4, -0.2) is 15.7 Å². The van der Waals surface area contributed by atoms with E-state index in [0.29, 0.717) is 23.2 Å². The zero-order valence-electron chi connectivity index (χ0n) is 15.4. The number of nitrogens with one attached hydrogen (secondary N) is 1. The van der Waals surface area contributed by atoms with Crippen LogP contribution in [0, 0.1) is 12.7 Å². The molecule has 0 fully saturated rings. The Labute approximate surface area is 164 Å². The first-order valence-electron chi connectivity index (χ1n) is 8.96. The van der Waals surface area contributed by atoms with Gasteiger partial charge in [-0.3, -0.25) is 9.59 Å². The summed E-state index contributed by atoms with van der Waals surface area (Å²) >= 11 is 1.53. The fraction of sp³-hybridized carbons (Fsp3) is 0.190. The van der Waals surface area contributed by atoms with Gasteiger partial charge in [-0.05, 0) is 37.6 Å². The normalized spacial score (nSPS) is 12.4. The highest BCUT2D eigenvalue weighted by atomic mass is 32.1. The number of benzene rings is 2. The summed E-state index contributed by atoms with van der Waals surface area (Å²) < 4.78 is 16.5. The van der Waals surface area contributed by atoms with E-state index in [1.54, 1.807) is 6.07 Å². The first-order valence-corrected chi connectivity index (χ1v) is 9.78. The number of rotatable bonds is 4. The molecule has 0 saturated heterocycles. The maximum absolute atomic E-state index is 13.4. The lowest BCUT2D eigenvalue weighted by Gasteiger charge is -2.17. The molecule has 0 bridgehead atoms. The van der Waals surface area contributed by atoms with E-state index in [0.717, 1.165) is 14.8 Å². The first-order chi connectivity index (χ1) is 13.5. The maximum Gasteiger partial charge on any atom is 0.276 e. The van der Waals surface area contributed by atoms with Crippen molar-refractivity contribution in [2.75, 3.05) is 5.32 Å². The molecule has 2 aromatic heterocycles. The van der Waals surface area contributed by atoms with Gasteiger partial charge in [0.25, 0.3) is 5.56 Å². The van der Waals surface area contributed by atoms with E-state index in [2.05, 4.69) is 10.4 Å². The molecular formula is C21H18FN3O2S. The molecule has 2 aromatic carbocycles. The Morgan fingerprint density at radius 3 is 2.79 bits per heavy atom. The predicted molar refractivity (Wildman–Crippen MR) is 110 cm³/mol. The zero-order valence-corrected chi connectivity index (χ0v) is 16.2. The molecule has 4 rings (SSSR count). The van der Waals surface area contributed by atoms with E-state index >= 15 is 0 Å². The summed E-state index contributed by atoms with van der Waals surface area (Å²) in [6.45, 7) is 3.65. The van der Waals surface area contributed by atoms with E-state index in [4.69, 9.17) is 0 Å². The van der Waals surface area contributed by atoms with E-state index in [9.17, 15) is 14.0 Å². The molecular weight excluding hydrogens is 377 g/mol. The van der Waals surface area contributed by atoms with Crippen molar-refractivity contribution in [3.05, 3.63) is 70.4 Å². The zero-order chi connectivity index (χ0) is 19.8. The molecule has 1 N–H and O–H groups in total. The third-order valence-electron chi connectivity index (χ3n) is 4.68.